The van der Waals surface area contributed by atoms with Gasteiger partial charge in [0.05, 0.1) is 12.0 Å². The van der Waals surface area contributed by atoms with E-state index >= 15 is 0 Å². The summed E-state index contributed by atoms with van der Waals surface area (Å²) in [5, 5.41) is 11.9. The summed E-state index contributed by atoms with van der Waals surface area (Å²) < 4.78 is 4.56. The first-order valence-corrected chi connectivity index (χ1v) is 18.4. The summed E-state index contributed by atoms with van der Waals surface area (Å²) in [7, 11) is 0. The van der Waals surface area contributed by atoms with Gasteiger partial charge in [-0.1, -0.05) is 132 Å². The van der Waals surface area contributed by atoms with Crippen molar-refractivity contribution in [1.29, 1.82) is 0 Å². The SMILES string of the molecule is Clc1cc(Cl)cc(Cc2nnc(CCc3c[nH]c4ccccc34)n2CCCc2cn(C(c3ccccc3)(c3ccccc3)c3ccccc3)cn2)c1. The summed E-state index contributed by atoms with van der Waals surface area (Å²) in [5.41, 5.74) is 7.38. The summed E-state index contributed by atoms with van der Waals surface area (Å²) >= 11 is 12.8. The molecule has 0 aliphatic heterocycles. The van der Waals surface area contributed by atoms with Gasteiger partial charge in [-0.3, -0.25) is 0 Å². The fourth-order valence-electron chi connectivity index (χ4n) is 7.51. The Morgan fingerprint density at radius 3 is 1.88 bits per heavy atom. The van der Waals surface area contributed by atoms with Crippen LogP contribution in [0.15, 0.2) is 152 Å². The Kier molecular flexibility index (Phi) is 9.75. The smallest absolute Gasteiger partial charge is 0.137 e. The van der Waals surface area contributed by atoms with Crippen LogP contribution in [0.1, 0.15) is 51.6 Å². The standard InChI is InChI=1S/C44H38Cl2N6/c45-37-25-32(26-38(46)28-37)27-43-50-49-42(23-22-33-29-47-41-21-11-10-20-40(33)41)52(43)24-12-19-39-30-51(31-48-39)44(34-13-4-1-5-14-34,35-15-6-2-7-16-35)36-17-8-3-9-18-36/h1-11,13-18,20-21,25-26,28-31,47H,12,19,22-24,27H2. The molecule has 0 aliphatic carbocycles. The van der Waals surface area contributed by atoms with Gasteiger partial charge in [0.1, 0.15) is 17.2 Å². The van der Waals surface area contributed by atoms with Gasteiger partial charge in [-0.25, -0.2) is 4.98 Å². The van der Waals surface area contributed by atoms with Crippen LogP contribution < -0.4 is 0 Å². The number of imidazole rings is 1. The lowest BCUT2D eigenvalue weighted by atomic mass is 9.77. The number of para-hydroxylation sites is 1. The minimum Gasteiger partial charge on any atom is -0.361 e. The third kappa shape index (κ3) is 6.80. The molecule has 52 heavy (non-hydrogen) atoms. The van der Waals surface area contributed by atoms with E-state index in [-0.39, 0.29) is 0 Å². The second kappa shape index (κ2) is 15.0. The Hall–Kier alpha value is -5.43. The summed E-state index contributed by atoms with van der Waals surface area (Å²) in [5.74, 6) is 1.87. The number of H-pyrrole nitrogens is 1. The third-order valence-corrected chi connectivity index (χ3v) is 10.3. The van der Waals surface area contributed by atoms with Gasteiger partial charge in [0.15, 0.2) is 0 Å². The third-order valence-electron chi connectivity index (χ3n) is 9.89. The van der Waals surface area contributed by atoms with Gasteiger partial charge >= 0.3 is 0 Å². The second-order valence-electron chi connectivity index (χ2n) is 13.2. The maximum atomic E-state index is 6.38. The highest BCUT2D eigenvalue weighted by Gasteiger charge is 2.38. The fourth-order valence-corrected chi connectivity index (χ4v) is 8.08. The van der Waals surface area contributed by atoms with Gasteiger partial charge in [-0.2, -0.15) is 0 Å². The van der Waals surface area contributed by atoms with E-state index < -0.39 is 5.54 Å². The van der Waals surface area contributed by atoms with Crippen molar-refractivity contribution in [1.82, 2.24) is 29.3 Å². The van der Waals surface area contributed by atoms with E-state index in [0.29, 0.717) is 16.5 Å². The van der Waals surface area contributed by atoms with E-state index in [2.05, 4.69) is 142 Å². The van der Waals surface area contributed by atoms with Crippen LogP contribution in [0.3, 0.4) is 0 Å². The molecule has 0 aliphatic rings. The van der Waals surface area contributed by atoms with Crippen LogP contribution in [0.4, 0.5) is 0 Å². The summed E-state index contributed by atoms with van der Waals surface area (Å²) in [4.78, 5) is 8.41. The Balaban J connectivity index is 1.08. The normalized spacial score (nSPS) is 11.7. The lowest BCUT2D eigenvalue weighted by Crippen LogP contribution is -2.36. The molecule has 0 bridgehead atoms. The molecular weight excluding hydrogens is 683 g/mol. The van der Waals surface area contributed by atoms with E-state index in [1.807, 2.05) is 18.5 Å². The molecule has 8 heteroatoms. The van der Waals surface area contributed by atoms with Crippen molar-refractivity contribution in [2.45, 2.75) is 44.2 Å². The lowest BCUT2D eigenvalue weighted by Gasteiger charge is -2.37. The van der Waals surface area contributed by atoms with E-state index in [1.165, 1.54) is 27.6 Å². The van der Waals surface area contributed by atoms with Crippen LogP contribution in [-0.2, 0) is 37.8 Å². The number of hydrogen-bond acceptors (Lipinski definition) is 3. The zero-order valence-corrected chi connectivity index (χ0v) is 30.2. The predicted molar refractivity (Wildman–Crippen MR) is 210 cm³/mol. The minimum atomic E-state index is -0.593. The molecule has 3 aromatic heterocycles. The lowest BCUT2D eigenvalue weighted by molar-refractivity contribution is 0.513. The molecule has 6 nitrogen and oxygen atoms in total. The van der Waals surface area contributed by atoms with Crippen LogP contribution in [0.5, 0.6) is 0 Å². The number of nitrogens with one attached hydrogen (secondary N) is 1. The largest absolute Gasteiger partial charge is 0.361 e. The number of hydrogen-bond donors (Lipinski definition) is 1. The highest BCUT2D eigenvalue weighted by Crippen LogP contribution is 2.41. The van der Waals surface area contributed by atoms with Gasteiger partial charge in [0.25, 0.3) is 0 Å². The van der Waals surface area contributed by atoms with E-state index in [1.54, 1.807) is 6.07 Å². The maximum Gasteiger partial charge on any atom is 0.137 e. The molecule has 5 aromatic carbocycles. The topological polar surface area (TPSA) is 64.3 Å². The number of aromatic nitrogens is 6. The number of nitrogens with zero attached hydrogens (tertiary/aromatic N) is 5. The monoisotopic (exact) mass is 720 g/mol. The van der Waals surface area contributed by atoms with E-state index in [4.69, 9.17) is 38.4 Å². The van der Waals surface area contributed by atoms with Crippen molar-refractivity contribution < 1.29 is 0 Å². The first-order valence-electron chi connectivity index (χ1n) is 17.7. The summed E-state index contributed by atoms with van der Waals surface area (Å²) in [6, 6.07) is 46.2. The highest BCUT2D eigenvalue weighted by molar-refractivity contribution is 6.34. The molecule has 0 fully saturated rings. The molecule has 0 amide bonds. The molecule has 0 radical (unpaired) electrons. The van der Waals surface area contributed by atoms with Crippen molar-refractivity contribution >= 4 is 34.1 Å². The number of fused-ring (bicyclic) bond motifs is 1. The Morgan fingerprint density at radius 1 is 0.635 bits per heavy atom. The average Bonchev–Trinajstić information content (AvgIpc) is 3.92. The zero-order valence-electron chi connectivity index (χ0n) is 28.7. The molecule has 0 saturated heterocycles. The van der Waals surface area contributed by atoms with Gasteiger partial charge < -0.3 is 14.1 Å². The Morgan fingerprint density at radius 2 is 1.23 bits per heavy atom. The molecular formula is C44H38Cl2N6. The molecule has 258 valence electrons. The molecule has 0 atom stereocenters. The quantitative estimate of drug-likeness (QED) is 0.121. The molecule has 0 spiro atoms. The maximum absolute atomic E-state index is 6.38. The van der Waals surface area contributed by atoms with E-state index in [0.717, 1.165) is 60.7 Å². The molecule has 1 N–H and O–H groups in total. The molecule has 0 unspecified atom stereocenters. The molecule has 8 aromatic rings. The zero-order chi connectivity index (χ0) is 35.3. The average molecular weight is 722 g/mol. The van der Waals surface area contributed by atoms with Crippen LogP contribution in [0, 0.1) is 0 Å². The Labute approximate surface area is 313 Å². The van der Waals surface area contributed by atoms with Gasteiger partial charge in [-0.15, -0.1) is 10.2 Å². The van der Waals surface area contributed by atoms with Gasteiger partial charge in [0.2, 0.25) is 0 Å². The van der Waals surface area contributed by atoms with Crippen LogP contribution >= 0.6 is 23.2 Å². The van der Waals surface area contributed by atoms with Crippen molar-refractivity contribution in [2.24, 2.45) is 0 Å². The molecule has 3 heterocycles. The number of rotatable bonds is 13. The van der Waals surface area contributed by atoms with E-state index in [9.17, 15) is 0 Å². The number of aromatic amines is 1. The first-order chi connectivity index (χ1) is 25.6. The van der Waals surface area contributed by atoms with Crippen molar-refractivity contribution in [3.63, 3.8) is 0 Å². The van der Waals surface area contributed by atoms with Crippen LogP contribution in [0.25, 0.3) is 10.9 Å². The van der Waals surface area contributed by atoms with Crippen LogP contribution in [0.2, 0.25) is 10.0 Å². The van der Waals surface area contributed by atoms with Gasteiger partial charge in [-0.05, 0) is 71.3 Å². The first kappa shape index (κ1) is 33.7. The van der Waals surface area contributed by atoms with Crippen molar-refractivity contribution in [2.75, 3.05) is 0 Å². The highest BCUT2D eigenvalue weighted by atomic mass is 35.5. The van der Waals surface area contributed by atoms with Gasteiger partial charge in [0, 0.05) is 52.7 Å². The second-order valence-corrected chi connectivity index (χ2v) is 14.1. The predicted octanol–water partition coefficient (Wildman–Crippen LogP) is 10.1. The molecule has 8 rings (SSSR count). The Bertz CT molecular complexity index is 2280. The minimum absolute atomic E-state index is 0.586. The van der Waals surface area contributed by atoms with Crippen molar-refractivity contribution in [3.05, 3.63) is 207 Å². The summed E-state index contributed by atoms with van der Waals surface area (Å²) in [6.45, 7) is 0.758. The number of halogens is 2. The van der Waals surface area contributed by atoms with Crippen molar-refractivity contribution in [3.8, 4) is 0 Å². The fraction of sp³-hybridized carbons (Fsp3) is 0.159. The molecule has 0 saturated carbocycles. The summed E-state index contributed by atoms with van der Waals surface area (Å²) in [6.07, 6.45) is 10.2. The number of aryl methyl sites for hydroxylation is 3. The van der Waals surface area contributed by atoms with Crippen LogP contribution in [-0.4, -0.2) is 29.3 Å². The number of benzene rings is 5.